The van der Waals surface area contributed by atoms with Gasteiger partial charge in [0.25, 0.3) is 0 Å². The Morgan fingerprint density at radius 1 is 0.673 bits per heavy atom. The molecule has 0 saturated carbocycles. The normalized spacial score (nSPS) is 12.6. The first kappa shape index (κ1) is 35.3. The van der Waals surface area contributed by atoms with Crippen LogP contribution in [0.25, 0.3) is 33.5 Å². The number of nitrogens with zero attached hydrogens (tertiary/aromatic N) is 3. The van der Waals surface area contributed by atoms with Gasteiger partial charge >= 0.3 is 0 Å². The molecular formula is C46H39N5S. The Morgan fingerprint density at radius 2 is 1.37 bits per heavy atom. The van der Waals surface area contributed by atoms with Gasteiger partial charge in [-0.25, -0.2) is 9.98 Å². The molecule has 0 spiro atoms. The van der Waals surface area contributed by atoms with Crippen LogP contribution in [-0.4, -0.2) is 16.7 Å². The van der Waals surface area contributed by atoms with Crippen LogP contribution in [0.5, 0.6) is 0 Å². The summed E-state index contributed by atoms with van der Waals surface area (Å²) in [6, 6.07) is 53.0. The summed E-state index contributed by atoms with van der Waals surface area (Å²) in [5.41, 5.74) is 16.5. The number of aromatic nitrogens is 1. The van der Waals surface area contributed by atoms with Crippen LogP contribution >= 0.6 is 13.5 Å². The number of nitrogens with two attached hydrogens (primary N) is 1. The van der Waals surface area contributed by atoms with Crippen molar-refractivity contribution in [1.82, 2.24) is 4.98 Å². The molecule has 0 fully saturated rings. The fraction of sp³-hybridized carbons (Fsp3) is 0.0217. The number of fused-ring (bicyclic) bond motifs is 3. The predicted octanol–water partition coefficient (Wildman–Crippen LogP) is 10.9. The van der Waals surface area contributed by atoms with Crippen molar-refractivity contribution in [2.75, 3.05) is 4.90 Å². The van der Waals surface area contributed by atoms with Crippen molar-refractivity contribution in [3.05, 3.63) is 210 Å². The zero-order chi connectivity index (χ0) is 35.2. The topological polar surface area (TPSA) is 78.4 Å². The van der Waals surface area contributed by atoms with Gasteiger partial charge in [-0.2, -0.15) is 13.5 Å². The summed E-state index contributed by atoms with van der Waals surface area (Å²) in [7, 11) is 0. The van der Waals surface area contributed by atoms with Gasteiger partial charge in [-0.3, -0.25) is 5.41 Å². The molecule has 0 atom stereocenters. The van der Waals surface area contributed by atoms with Gasteiger partial charge in [-0.15, -0.1) is 0 Å². The quantitative estimate of drug-likeness (QED) is 0.142. The van der Waals surface area contributed by atoms with Crippen LogP contribution in [0.4, 0.5) is 11.5 Å². The Hall–Kier alpha value is -6.50. The summed E-state index contributed by atoms with van der Waals surface area (Å²) in [6.07, 6.45) is 6.15. The van der Waals surface area contributed by atoms with Gasteiger partial charge in [0.2, 0.25) is 0 Å². The van der Waals surface area contributed by atoms with Crippen molar-refractivity contribution < 1.29 is 0 Å². The lowest BCUT2D eigenvalue weighted by atomic mass is 9.90. The molecule has 0 aliphatic carbocycles. The molecule has 5 nitrogen and oxygen atoms in total. The summed E-state index contributed by atoms with van der Waals surface area (Å²) in [5.74, 6) is 1.41. The fourth-order valence-corrected chi connectivity index (χ4v) is 6.09. The monoisotopic (exact) mass is 693 g/mol. The van der Waals surface area contributed by atoms with E-state index < -0.39 is 0 Å². The number of hydrogen-bond donors (Lipinski definition) is 2. The largest absolute Gasteiger partial charge is 0.383 e. The SMILES string of the molecule is C=C1c2ccccc2/C=C\N(c2ccc(C)cn2)c2cc(-c3ccccc3)ccc21.N=C(N=C(N)c1ccccc1)c1ccc2ccccc2c1.S. The highest BCUT2D eigenvalue weighted by atomic mass is 32.1. The molecule has 1 aromatic heterocycles. The molecule has 52 heavy (non-hydrogen) atoms. The lowest BCUT2D eigenvalue weighted by Gasteiger charge is -2.27. The lowest BCUT2D eigenvalue weighted by molar-refractivity contribution is 1.16. The molecule has 2 heterocycles. The maximum atomic E-state index is 8.12. The average Bonchev–Trinajstić information content (AvgIpc) is 3.18. The molecule has 1 aliphatic heterocycles. The van der Waals surface area contributed by atoms with Crippen molar-refractivity contribution in [2.45, 2.75) is 6.92 Å². The number of hydrogen-bond acceptors (Lipinski definition) is 3. The van der Waals surface area contributed by atoms with Crippen LogP contribution < -0.4 is 10.6 Å². The molecule has 6 aromatic carbocycles. The molecule has 0 bridgehead atoms. The van der Waals surface area contributed by atoms with Gasteiger partial charge in [-0.05, 0) is 75.4 Å². The minimum absolute atomic E-state index is 0. The molecule has 6 heteroatoms. The van der Waals surface area contributed by atoms with Crippen LogP contribution in [0.3, 0.4) is 0 Å². The van der Waals surface area contributed by atoms with Gasteiger partial charge in [0.15, 0.2) is 5.84 Å². The molecular weight excluding hydrogens is 655 g/mol. The first-order valence-electron chi connectivity index (χ1n) is 16.8. The maximum absolute atomic E-state index is 8.12. The molecule has 3 N–H and O–H groups in total. The summed E-state index contributed by atoms with van der Waals surface area (Å²) < 4.78 is 0. The van der Waals surface area contributed by atoms with Crippen LogP contribution in [-0.2, 0) is 0 Å². The smallest absolute Gasteiger partial charge is 0.154 e. The van der Waals surface area contributed by atoms with Crippen molar-refractivity contribution in [3.63, 3.8) is 0 Å². The van der Waals surface area contributed by atoms with Crippen molar-refractivity contribution in [1.29, 1.82) is 5.41 Å². The van der Waals surface area contributed by atoms with E-state index in [1.807, 2.05) is 85.1 Å². The Labute approximate surface area is 312 Å². The molecule has 8 rings (SSSR count). The minimum atomic E-state index is 0. The zero-order valence-corrected chi connectivity index (χ0v) is 29.9. The van der Waals surface area contributed by atoms with E-state index in [9.17, 15) is 0 Å². The second kappa shape index (κ2) is 16.0. The average molecular weight is 694 g/mol. The van der Waals surface area contributed by atoms with Crippen LogP contribution in [0.15, 0.2) is 182 Å². The third-order valence-corrected chi connectivity index (χ3v) is 8.85. The third kappa shape index (κ3) is 7.78. The Morgan fingerprint density at radius 3 is 2.12 bits per heavy atom. The predicted molar refractivity (Wildman–Crippen MR) is 225 cm³/mol. The van der Waals surface area contributed by atoms with E-state index in [-0.39, 0.29) is 19.3 Å². The standard InChI is InChI=1S/C28H22N2.C18H15N3.H2S/c1-20-12-15-28(29-19-20)30-17-16-23-10-6-7-11-25(23)21(2)26-14-13-24(18-27(26)30)22-8-4-3-5-9-22;19-17(14-7-2-1-3-8-14)21-18(20)16-11-10-13-6-4-5-9-15(13)12-16;/h3-19H,2H2,1H3;1-12H,(H3,19,20,21);1H2/b17-16-;;. The van der Waals surface area contributed by atoms with Crippen molar-refractivity contribution in [3.8, 4) is 11.1 Å². The lowest BCUT2D eigenvalue weighted by Crippen LogP contribution is -2.15. The first-order valence-corrected chi connectivity index (χ1v) is 16.8. The van der Waals surface area contributed by atoms with Crippen LogP contribution in [0.1, 0.15) is 33.4 Å². The second-order valence-corrected chi connectivity index (χ2v) is 12.3. The number of aliphatic imine (C=N–C) groups is 1. The minimum Gasteiger partial charge on any atom is -0.383 e. The summed E-state index contributed by atoms with van der Waals surface area (Å²) >= 11 is 0. The number of benzene rings is 6. The highest BCUT2D eigenvalue weighted by Gasteiger charge is 2.20. The molecule has 254 valence electrons. The fourth-order valence-electron chi connectivity index (χ4n) is 6.09. The Kier molecular flexibility index (Phi) is 10.9. The molecule has 0 radical (unpaired) electrons. The van der Waals surface area contributed by atoms with E-state index in [0.717, 1.165) is 61.2 Å². The summed E-state index contributed by atoms with van der Waals surface area (Å²) in [4.78, 5) is 11.1. The van der Waals surface area contributed by atoms with Gasteiger partial charge in [0.05, 0.1) is 5.69 Å². The number of rotatable bonds is 4. The third-order valence-electron chi connectivity index (χ3n) is 8.85. The van der Waals surface area contributed by atoms with Gasteiger partial charge in [0, 0.05) is 29.1 Å². The van der Waals surface area contributed by atoms with Gasteiger partial charge in [-0.1, -0.05) is 146 Å². The highest BCUT2D eigenvalue weighted by molar-refractivity contribution is 7.59. The number of anilines is 2. The molecule has 0 saturated heterocycles. The van der Waals surface area contributed by atoms with Crippen LogP contribution in [0, 0.1) is 12.3 Å². The van der Waals surface area contributed by atoms with E-state index in [4.69, 9.17) is 16.1 Å². The zero-order valence-electron chi connectivity index (χ0n) is 28.9. The van der Waals surface area contributed by atoms with E-state index in [2.05, 4.69) is 115 Å². The Bertz CT molecular complexity index is 2420. The second-order valence-electron chi connectivity index (χ2n) is 12.3. The van der Waals surface area contributed by atoms with Crippen LogP contribution in [0.2, 0.25) is 0 Å². The van der Waals surface area contributed by atoms with Crippen molar-refractivity contribution >= 4 is 59.1 Å². The Balaban J connectivity index is 0.000000186. The summed E-state index contributed by atoms with van der Waals surface area (Å²) in [6.45, 7) is 6.52. The van der Waals surface area contributed by atoms with Crippen molar-refractivity contribution in [2.24, 2.45) is 10.7 Å². The maximum Gasteiger partial charge on any atom is 0.154 e. The molecule has 7 aromatic rings. The van der Waals surface area contributed by atoms with E-state index in [0.29, 0.717) is 5.84 Å². The number of amidine groups is 2. The number of nitrogens with one attached hydrogen (secondary N) is 1. The first-order chi connectivity index (χ1) is 24.9. The van der Waals surface area contributed by atoms with Gasteiger partial charge in [0.1, 0.15) is 11.7 Å². The van der Waals surface area contributed by atoms with E-state index in [1.54, 1.807) is 0 Å². The molecule has 0 amide bonds. The summed E-state index contributed by atoms with van der Waals surface area (Å²) in [5, 5.41) is 10.4. The number of aryl methyl sites for hydroxylation is 1. The van der Waals surface area contributed by atoms with E-state index in [1.165, 1.54) is 11.1 Å². The number of pyridine rings is 1. The van der Waals surface area contributed by atoms with E-state index >= 15 is 0 Å². The molecule has 0 unspecified atom stereocenters. The molecule has 1 aliphatic rings. The highest BCUT2D eigenvalue weighted by Crippen LogP contribution is 2.40. The van der Waals surface area contributed by atoms with Gasteiger partial charge < -0.3 is 10.6 Å².